The molecule has 1 aliphatic carbocycles. The van der Waals surface area contributed by atoms with Gasteiger partial charge in [-0.1, -0.05) is 65.9 Å². The number of aryl methyl sites for hydroxylation is 2. The highest BCUT2D eigenvalue weighted by molar-refractivity contribution is 7.97. The topological polar surface area (TPSA) is 111 Å². The van der Waals surface area contributed by atoms with E-state index in [-0.39, 0.29) is 54.5 Å². The van der Waals surface area contributed by atoms with Crippen LogP contribution in [0.5, 0.6) is 5.88 Å². The number of carbonyl (C=O) groups excluding carboxylic acids is 1. The fraction of sp³-hybridized carbons (Fsp3) is 0.606. The molecule has 48 heavy (non-hydrogen) atoms. The van der Waals surface area contributed by atoms with Crippen LogP contribution in [0.4, 0.5) is 13.2 Å². The van der Waals surface area contributed by atoms with Gasteiger partial charge in [0, 0.05) is 42.4 Å². The lowest BCUT2D eigenvalue weighted by Gasteiger charge is -2.19. The Balaban J connectivity index is 0.00000151. The third-order valence-corrected chi connectivity index (χ3v) is 9.82. The molecule has 0 spiro atoms. The number of ether oxygens (including phenoxy) is 1. The van der Waals surface area contributed by atoms with Gasteiger partial charge in [0.15, 0.2) is 5.82 Å². The third-order valence-electron chi connectivity index (χ3n) is 8.84. The second-order valence-corrected chi connectivity index (χ2v) is 13.7. The van der Waals surface area contributed by atoms with Crippen LogP contribution in [0.1, 0.15) is 96.1 Å². The highest BCUT2D eigenvalue weighted by atomic mass is 35.5. The number of nitrogens with zero attached hydrogens (tertiary/aromatic N) is 6. The summed E-state index contributed by atoms with van der Waals surface area (Å²) in [6.07, 6.45) is 1.52. The van der Waals surface area contributed by atoms with Gasteiger partial charge in [-0.15, -0.1) is 5.10 Å². The molecule has 1 saturated carbocycles. The Hall–Kier alpha value is -3.18. The first-order valence-electron chi connectivity index (χ1n) is 16.6. The normalized spacial score (nSPS) is 17.4. The van der Waals surface area contributed by atoms with Gasteiger partial charge in [0.2, 0.25) is 5.88 Å². The molecule has 2 aliphatic rings. The number of aromatic nitrogens is 5. The van der Waals surface area contributed by atoms with Gasteiger partial charge in [-0.2, -0.15) is 18.3 Å². The number of amides is 1. The summed E-state index contributed by atoms with van der Waals surface area (Å²) in [6.45, 7) is 15.1. The Labute approximate surface area is 291 Å². The smallest absolute Gasteiger partial charge is 0.394 e. The zero-order valence-corrected chi connectivity index (χ0v) is 30.4. The molecule has 1 amide bonds. The molecule has 1 N–H and O–H groups in total. The molecule has 9 nitrogen and oxygen atoms in total. The van der Waals surface area contributed by atoms with Crippen molar-refractivity contribution in [3.05, 3.63) is 46.9 Å². The monoisotopic (exact) mass is 707 g/mol. The number of carbonyl (C=O) groups is 1. The average Bonchev–Trinajstić information content (AvgIpc) is 3.42. The van der Waals surface area contributed by atoms with Gasteiger partial charge in [-0.25, -0.2) is 14.9 Å². The van der Waals surface area contributed by atoms with Crippen LogP contribution in [0.15, 0.2) is 35.5 Å². The van der Waals surface area contributed by atoms with Crippen LogP contribution in [0.2, 0.25) is 16.8 Å². The fourth-order valence-corrected chi connectivity index (χ4v) is 6.83. The molecule has 262 valence electrons. The maximum atomic E-state index is 13.1. The zero-order valence-electron chi connectivity index (χ0n) is 28.8. The van der Waals surface area contributed by atoms with E-state index < -0.39 is 17.5 Å². The quantitative estimate of drug-likeness (QED) is 0.114. The average molecular weight is 708 g/mol. The van der Waals surface area contributed by atoms with Gasteiger partial charge >= 0.3 is 6.18 Å². The Bertz CT molecular complexity index is 1550. The predicted molar refractivity (Wildman–Crippen MR) is 185 cm³/mol. The summed E-state index contributed by atoms with van der Waals surface area (Å²) < 4.78 is 50.8. The molecule has 5 rings (SSSR count). The first-order chi connectivity index (χ1) is 22.8. The molecule has 0 bridgehead atoms. The summed E-state index contributed by atoms with van der Waals surface area (Å²) >= 11 is 7.41. The number of alkyl halides is 3. The first-order valence-corrected chi connectivity index (χ1v) is 17.8. The largest absolute Gasteiger partial charge is 0.477 e. The maximum Gasteiger partial charge on any atom is 0.394 e. The maximum absolute atomic E-state index is 13.1. The van der Waals surface area contributed by atoms with E-state index in [2.05, 4.69) is 39.7 Å². The third kappa shape index (κ3) is 9.71. The van der Waals surface area contributed by atoms with Crippen LogP contribution >= 0.6 is 23.5 Å². The van der Waals surface area contributed by atoms with Crippen molar-refractivity contribution in [3.63, 3.8) is 0 Å². The summed E-state index contributed by atoms with van der Waals surface area (Å²) in [6, 6.07) is 6.52. The van der Waals surface area contributed by atoms with Crippen molar-refractivity contribution in [1.29, 1.82) is 5.26 Å². The second-order valence-electron chi connectivity index (χ2n) is 12.5. The van der Waals surface area contributed by atoms with Crippen molar-refractivity contribution < 1.29 is 22.7 Å². The highest BCUT2D eigenvalue weighted by Crippen LogP contribution is 2.59. The van der Waals surface area contributed by atoms with Gasteiger partial charge in [0.1, 0.15) is 10.2 Å². The van der Waals surface area contributed by atoms with E-state index in [0.717, 1.165) is 49.8 Å². The van der Waals surface area contributed by atoms with Crippen molar-refractivity contribution in [3.8, 4) is 17.7 Å². The van der Waals surface area contributed by atoms with Gasteiger partial charge in [0.05, 0.1) is 17.6 Å². The number of hydrogen-bond acceptors (Lipinski definition) is 7. The molecule has 1 aliphatic heterocycles. The molecule has 3 aromatic heterocycles. The summed E-state index contributed by atoms with van der Waals surface area (Å²) in [7, 11) is 0. The van der Waals surface area contributed by atoms with E-state index in [1.54, 1.807) is 12.3 Å². The van der Waals surface area contributed by atoms with E-state index in [9.17, 15) is 23.2 Å². The number of nitriles is 1. The number of rotatable bonds is 12. The lowest BCUT2D eigenvalue weighted by Crippen LogP contribution is -2.26. The SMILES string of the molecule is CC.CC.Cc1cc(SNC(=O)c2ccc(-n3ccc(OCCC4(C(F)(F)F)CC4)n3)nc2Cl)nn1CCCC1CB(C#N)C(C)(C)C1. The predicted octanol–water partition coefficient (Wildman–Crippen LogP) is 9.16. The molecular formula is C33H46BClF3N7O2S. The Kier molecular flexibility index (Phi) is 13.9. The molecule has 1 atom stereocenters. The van der Waals surface area contributed by atoms with Gasteiger partial charge in [-0.05, 0) is 68.5 Å². The first kappa shape index (κ1) is 39.3. The number of halogens is 4. The lowest BCUT2D eigenvalue weighted by atomic mass is 9.37. The van der Waals surface area contributed by atoms with Crippen LogP contribution in [0, 0.1) is 29.5 Å². The molecule has 1 saturated heterocycles. The second kappa shape index (κ2) is 17.0. The lowest BCUT2D eigenvalue weighted by molar-refractivity contribution is -0.190. The minimum absolute atomic E-state index is 0.0325. The van der Waals surface area contributed by atoms with Crippen LogP contribution < -0.4 is 9.46 Å². The number of nitrogens with one attached hydrogen (secondary N) is 1. The van der Waals surface area contributed by atoms with Crippen molar-refractivity contribution in [2.45, 2.75) is 116 Å². The molecule has 0 aromatic carbocycles. The van der Waals surface area contributed by atoms with E-state index >= 15 is 0 Å². The van der Waals surface area contributed by atoms with Crippen LogP contribution in [0.25, 0.3) is 5.82 Å². The van der Waals surface area contributed by atoms with Gasteiger partial charge in [0.25, 0.3) is 12.6 Å². The summed E-state index contributed by atoms with van der Waals surface area (Å²) in [5, 5.41) is 18.9. The van der Waals surface area contributed by atoms with E-state index in [1.165, 1.54) is 16.8 Å². The van der Waals surface area contributed by atoms with Crippen molar-refractivity contribution in [2.24, 2.45) is 11.3 Å². The zero-order chi connectivity index (χ0) is 35.7. The van der Waals surface area contributed by atoms with E-state index in [0.29, 0.717) is 16.8 Å². The van der Waals surface area contributed by atoms with Gasteiger partial charge in [-0.3, -0.25) is 14.2 Å². The highest BCUT2D eigenvalue weighted by Gasteiger charge is 2.62. The minimum Gasteiger partial charge on any atom is -0.477 e. The summed E-state index contributed by atoms with van der Waals surface area (Å²) in [5.74, 6) is 3.07. The Morgan fingerprint density at radius 2 is 1.92 bits per heavy atom. The number of hydrogen-bond donors (Lipinski definition) is 1. The minimum atomic E-state index is -4.22. The Morgan fingerprint density at radius 3 is 2.52 bits per heavy atom. The van der Waals surface area contributed by atoms with Crippen LogP contribution in [-0.2, 0) is 6.54 Å². The Morgan fingerprint density at radius 1 is 1.21 bits per heavy atom. The van der Waals surface area contributed by atoms with Crippen molar-refractivity contribution in [1.82, 2.24) is 29.3 Å². The standard InChI is InChI=1S/C29H34BClF3N7O2S.2C2H6/c1-19-15-24(38-40(19)12-4-5-20-16-27(2,3)30(17-20)18-35)44-39-26(42)21-6-7-22(36-25(21)31)41-13-8-23(37-41)43-14-11-28(9-10-28)29(32,33)34;2*1-2/h6-8,13,15,20H,4-5,9-12,14,16-17H2,1-3H3,(H,39,42);2*1-2H3. The van der Waals surface area contributed by atoms with Crippen LogP contribution in [-0.4, -0.2) is 49.9 Å². The molecule has 0 radical (unpaired) electrons. The molecule has 15 heteroatoms. The molecule has 2 fully saturated rings. The van der Waals surface area contributed by atoms with Crippen molar-refractivity contribution in [2.75, 3.05) is 6.61 Å². The van der Waals surface area contributed by atoms with E-state index in [1.807, 2.05) is 45.4 Å². The van der Waals surface area contributed by atoms with Gasteiger partial charge < -0.3 is 4.74 Å². The number of pyridine rings is 1. The van der Waals surface area contributed by atoms with E-state index in [4.69, 9.17) is 16.3 Å². The fourth-order valence-electron chi connectivity index (χ4n) is 5.92. The summed E-state index contributed by atoms with van der Waals surface area (Å²) in [5.41, 5.74) is -0.475. The molecule has 3 aromatic rings. The summed E-state index contributed by atoms with van der Waals surface area (Å²) in [4.78, 5) is 17.1. The molecule has 4 heterocycles. The molecular weight excluding hydrogens is 662 g/mol. The van der Waals surface area contributed by atoms with Crippen molar-refractivity contribution >= 4 is 36.2 Å². The van der Waals surface area contributed by atoms with Crippen LogP contribution in [0.3, 0.4) is 0 Å². The molecule has 1 unspecified atom stereocenters.